The molecule has 8 heteroatoms. The average Bonchev–Trinajstić information content (AvgIpc) is 3.55. The van der Waals surface area contributed by atoms with Crippen LogP contribution in [0.3, 0.4) is 0 Å². The minimum atomic E-state index is -0.600. The second kappa shape index (κ2) is 13.4. The van der Waals surface area contributed by atoms with Crippen molar-refractivity contribution in [2.45, 2.75) is 46.5 Å². The standard InChI is InChI=1S/C30H33NO6S/c1-5-34-27(30(32)35-6-2)16-21-7-13-25(14-8-21)36-19-29-20(3)15-28(38-29)23-11-9-22(10-12-23)26-17-24(18-33-4)31-37-26/h7-15,17,27H,5-6,16,18-19H2,1-4H3. The lowest BCUT2D eigenvalue weighted by atomic mass is 10.1. The van der Waals surface area contributed by atoms with Gasteiger partial charge in [-0.3, -0.25) is 0 Å². The lowest BCUT2D eigenvalue weighted by molar-refractivity contribution is -0.156. The molecule has 0 radical (unpaired) electrons. The minimum absolute atomic E-state index is 0.331. The number of esters is 1. The average molecular weight is 536 g/mol. The predicted octanol–water partition coefficient (Wildman–Crippen LogP) is 6.61. The second-order valence-corrected chi connectivity index (χ2v) is 9.88. The second-order valence-electron chi connectivity index (χ2n) is 8.74. The topological polar surface area (TPSA) is 80.0 Å². The van der Waals surface area contributed by atoms with Gasteiger partial charge in [0, 0.05) is 41.5 Å². The van der Waals surface area contributed by atoms with E-state index in [1.165, 1.54) is 15.3 Å². The molecule has 4 rings (SSSR count). The van der Waals surface area contributed by atoms with E-state index in [-0.39, 0.29) is 5.97 Å². The molecule has 7 nitrogen and oxygen atoms in total. The van der Waals surface area contributed by atoms with Gasteiger partial charge in [0.15, 0.2) is 11.9 Å². The molecule has 2 heterocycles. The Morgan fingerprint density at radius 3 is 2.39 bits per heavy atom. The van der Waals surface area contributed by atoms with E-state index < -0.39 is 6.10 Å². The maximum atomic E-state index is 12.1. The summed E-state index contributed by atoms with van der Waals surface area (Å²) in [5.41, 5.74) is 5.06. The number of nitrogens with zero attached hydrogens (tertiary/aromatic N) is 1. The van der Waals surface area contributed by atoms with Gasteiger partial charge in [-0.15, -0.1) is 11.3 Å². The molecule has 1 unspecified atom stereocenters. The van der Waals surface area contributed by atoms with E-state index in [0.29, 0.717) is 32.8 Å². The largest absolute Gasteiger partial charge is 0.488 e. The van der Waals surface area contributed by atoms with Crippen molar-refractivity contribution in [2.24, 2.45) is 0 Å². The molecule has 0 saturated heterocycles. The monoisotopic (exact) mass is 535 g/mol. The third-order valence-corrected chi connectivity index (χ3v) is 7.22. The maximum Gasteiger partial charge on any atom is 0.335 e. The fourth-order valence-electron chi connectivity index (χ4n) is 4.00. The van der Waals surface area contributed by atoms with Gasteiger partial charge in [0.05, 0.1) is 13.2 Å². The summed E-state index contributed by atoms with van der Waals surface area (Å²) in [7, 11) is 1.63. The van der Waals surface area contributed by atoms with Crippen molar-refractivity contribution in [3.8, 4) is 27.5 Å². The van der Waals surface area contributed by atoms with Crippen LogP contribution in [0, 0.1) is 6.92 Å². The molecule has 200 valence electrons. The first kappa shape index (κ1) is 27.6. The molecule has 0 aliphatic heterocycles. The molecule has 0 fully saturated rings. The molecule has 0 saturated carbocycles. The van der Waals surface area contributed by atoms with Crippen LogP contribution in [-0.4, -0.2) is 37.6 Å². The number of ether oxygens (including phenoxy) is 4. The van der Waals surface area contributed by atoms with Gasteiger partial charge >= 0.3 is 5.97 Å². The molecular formula is C30H33NO6S. The molecule has 2 aromatic carbocycles. The summed E-state index contributed by atoms with van der Waals surface area (Å²) >= 11 is 1.72. The number of rotatable bonds is 13. The minimum Gasteiger partial charge on any atom is -0.488 e. The lowest BCUT2D eigenvalue weighted by Gasteiger charge is -2.15. The first-order valence-electron chi connectivity index (χ1n) is 12.6. The fraction of sp³-hybridized carbons (Fsp3) is 0.333. The molecule has 2 aromatic heterocycles. The molecule has 1 atom stereocenters. The Kier molecular flexibility index (Phi) is 9.70. The highest BCUT2D eigenvalue weighted by Gasteiger charge is 2.20. The number of benzene rings is 2. The zero-order chi connectivity index (χ0) is 26.9. The van der Waals surface area contributed by atoms with E-state index in [0.717, 1.165) is 33.9 Å². The van der Waals surface area contributed by atoms with Crippen LogP contribution in [0.15, 0.2) is 65.2 Å². The molecule has 0 N–H and O–H groups in total. The van der Waals surface area contributed by atoms with Crippen LogP contribution >= 0.6 is 11.3 Å². The Balaban J connectivity index is 1.36. The van der Waals surface area contributed by atoms with E-state index in [1.807, 2.05) is 49.4 Å². The van der Waals surface area contributed by atoms with E-state index >= 15 is 0 Å². The van der Waals surface area contributed by atoms with E-state index in [2.05, 4.69) is 30.3 Å². The Hall–Kier alpha value is -3.46. The lowest BCUT2D eigenvalue weighted by Crippen LogP contribution is -2.28. The molecule has 0 spiro atoms. The van der Waals surface area contributed by atoms with Gasteiger partial charge in [0.25, 0.3) is 0 Å². The number of thiophene rings is 1. The predicted molar refractivity (Wildman–Crippen MR) is 147 cm³/mol. The molecule has 4 aromatic rings. The Morgan fingerprint density at radius 2 is 1.71 bits per heavy atom. The van der Waals surface area contributed by atoms with E-state index in [9.17, 15) is 4.79 Å². The van der Waals surface area contributed by atoms with Crippen molar-refractivity contribution in [3.05, 3.63) is 82.4 Å². The highest BCUT2D eigenvalue weighted by Crippen LogP contribution is 2.33. The number of hydrogen-bond donors (Lipinski definition) is 0. The summed E-state index contributed by atoms with van der Waals surface area (Å²) in [6.45, 7) is 7.46. The van der Waals surface area contributed by atoms with Crippen LogP contribution < -0.4 is 4.74 Å². The molecular weight excluding hydrogens is 502 g/mol. The van der Waals surface area contributed by atoms with Gasteiger partial charge in [-0.2, -0.15) is 0 Å². The van der Waals surface area contributed by atoms with Gasteiger partial charge in [0.1, 0.15) is 18.1 Å². The zero-order valence-electron chi connectivity index (χ0n) is 22.2. The summed E-state index contributed by atoms with van der Waals surface area (Å²) in [6.07, 6.45) is -0.138. The fourth-order valence-corrected chi connectivity index (χ4v) is 5.09. The zero-order valence-corrected chi connectivity index (χ0v) is 23.0. The third-order valence-electron chi connectivity index (χ3n) is 5.96. The molecule has 0 bridgehead atoms. The summed E-state index contributed by atoms with van der Waals surface area (Å²) in [6, 6.07) is 20.1. The summed E-state index contributed by atoms with van der Waals surface area (Å²) in [5, 5.41) is 4.03. The number of carbonyl (C=O) groups excluding carboxylic acids is 1. The van der Waals surface area contributed by atoms with Gasteiger partial charge in [-0.25, -0.2) is 4.79 Å². The summed E-state index contributed by atoms with van der Waals surface area (Å²) in [4.78, 5) is 14.5. The van der Waals surface area contributed by atoms with Crippen molar-refractivity contribution in [1.29, 1.82) is 0 Å². The number of aryl methyl sites for hydroxylation is 1. The van der Waals surface area contributed by atoms with Crippen LogP contribution in [-0.2, 0) is 38.6 Å². The smallest absolute Gasteiger partial charge is 0.335 e. The first-order valence-corrected chi connectivity index (χ1v) is 13.5. The molecule has 0 aliphatic carbocycles. The Morgan fingerprint density at radius 1 is 0.974 bits per heavy atom. The van der Waals surface area contributed by atoms with Crippen molar-refractivity contribution in [1.82, 2.24) is 5.16 Å². The van der Waals surface area contributed by atoms with Gasteiger partial charge < -0.3 is 23.5 Å². The molecule has 38 heavy (non-hydrogen) atoms. The van der Waals surface area contributed by atoms with E-state index in [4.69, 9.17) is 23.5 Å². The quantitative estimate of drug-likeness (QED) is 0.178. The van der Waals surface area contributed by atoms with E-state index in [1.54, 1.807) is 25.4 Å². The normalized spacial score (nSPS) is 11.9. The summed E-state index contributed by atoms with van der Waals surface area (Å²) < 4.78 is 27.3. The Bertz CT molecular complexity index is 1310. The van der Waals surface area contributed by atoms with Gasteiger partial charge in [-0.05, 0) is 55.7 Å². The van der Waals surface area contributed by atoms with Gasteiger partial charge in [0.2, 0.25) is 0 Å². The van der Waals surface area contributed by atoms with Crippen molar-refractivity contribution >= 4 is 17.3 Å². The highest BCUT2D eigenvalue weighted by molar-refractivity contribution is 7.15. The number of hydrogen-bond acceptors (Lipinski definition) is 8. The number of carbonyl (C=O) groups is 1. The van der Waals surface area contributed by atoms with Crippen molar-refractivity contribution < 1.29 is 28.3 Å². The van der Waals surface area contributed by atoms with Crippen LogP contribution in [0.5, 0.6) is 5.75 Å². The van der Waals surface area contributed by atoms with Crippen molar-refractivity contribution in [3.63, 3.8) is 0 Å². The van der Waals surface area contributed by atoms with Gasteiger partial charge in [-0.1, -0.05) is 41.6 Å². The molecule has 0 amide bonds. The van der Waals surface area contributed by atoms with Crippen LogP contribution in [0.2, 0.25) is 0 Å². The first-order chi connectivity index (χ1) is 18.5. The van der Waals surface area contributed by atoms with Crippen LogP contribution in [0.1, 0.15) is 35.5 Å². The van der Waals surface area contributed by atoms with Crippen LogP contribution in [0.25, 0.3) is 21.8 Å². The van der Waals surface area contributed by atoms with Crippen LogP contribution in [0.4, 0.5) is 0 Å². The number of methoxy groups -OCH3 is 1. The number of aromatic nitrogens is 1. The summed E-state index contributed by atoms with van der Waals surface area (Å²) in [5.74, 6) is 1.17. The Labute approximate surface area is 227 Å². The van der Waals surface area contributed by atoms with Crippen molar-refractivity contribution in [2.75, 3.05) is 20.3 Å². The third kappa shape index (κ3) is 7.10. The maximum absolute atomic E-state index is 12.1. The molecule has 0 aliphatic rings. The highest BCUT2D eigenvalue weighted by atomic mass is 32.1. The SMILES string of the molecule is CCOC(=O)C(Cc1ccc(OCc2sc(-c3ccc(-c4cc(COC)no4)cc3)cc2C)cc1)OCC.